The molecule has 1 aromatic heterocycles. The molecule has 3 aromatic rings. The molecule has 2 N–H and O–H groups in total. The normalized spacial score (nSPS) is 12.4. The van der Waals surface area contributed by atoms with Crippen LogP contribution in [-0.4, -0.2) is 22.0 Å². The predicted molar refractivity (Wildman–Crippen MR) is 102 cm³/mol. The lowest BCUT2D eigenvalue weighted by molar-refractivity contribution is 0.174. The molecule has 2 heterocycles. The van der Waals surface area contributed by atoms with Crippen molar-refractivity contribution in [1.82, 2.24) is 15.2 Å². The Kier molecular flexibility index (Phi) is 4.50. The Morgan fingerprint density at radius 2 is 1.85 bits per heavy atom. The first-order chi connectivity index (χ1) is 13.1. The molecule has 0 radical (unpaired) electrons. The van der Waals surface area contributed by atoms with Crippen molar-refractivity contribution in [2.45, 2.75) is 26.2 Å². The van der Waals surface area contributed by atoms with E-state index in [4.69, 9.17) is 9.47 Å². The summed E-state index contributed by atoms with van der Waals surface area (Å²) in [6.45, 7) is 4.51. The summed E-state index contributed by atoms with van der Waals surface area (Å²) >= 11 is 0. The molecule has 0 saturated carbocycles. The summed E-state index contributed by atoms with van der Waals surface area (Å²) in [5.41, 5.74) is 3.13. The van der Waals surface area contributed by atoms with Crippen LogP contribution in [0.15, 0.2) is 47.3 Å². The molecule has 4 rings (SSSR count). The maximum absolute atomic E-state index is 12.4. The number of ether oxygens (including phenoxy) is 2. The van der Waals surface area contributed by atoms with E-state index in [1.54, 1.807) is 12.1 Å². The molecule has 0 spiro atoms. The van der Waals surface area contributed by atoms with Crippen molar-refractivity contribution in [3.63, 3.8) is 0 Å². The van der Waals surface area contributed by atoms with Gasteiger partial charge in [0.2, 0.25) is 12.7 Å². The van der Waals surface area contributed by atoms with Gasteiger partial charge >= 0.3 is 0 Å². The lowest BCUT2D eigenvalue weighted by atomic mass is 10.0. The molecule has 1 aliphatic heterocycles. The number of aromatic nitrogens is 3. The molecule has 0 saturated heterocycles. The number of nitrogens with zero attached hydrogens (tertiary/aromatic N) is 2. The van der Waals surface area contributed by atoms with Crippen LogP contribution < -0.4 is 20.3 Å². The van der Waals surface area contributed by atoms with Crippen molar-refractivity contribution in [3.8, 4) is 11.5 Å². The molecule has 0 atom stereocenters. The van der Waals surface area contributed by atoms with Crippen molar-refractivity contribution >= 4 is 11.6 Å². The summed E-state index contributed by atoms with van der Waals surface area (Å²) in [6.07, 6.45) is 0.436. The fraction of sp³-hybridized carbons (Fsp3) is 0.250. The Balaban J connectivity index is 1.48. The van der Waals surface area contributed by atoms with E-state index in [9.17, 15) is 4.79 Å². The van der Waals surface area contributed by atoms with E-state index < -0.39 is 0 Å². The highest BCUT2D eigenvalue weighted by atomic mass is 16.7. The minimum atomic E-state index is -0.263. The zero-order valence-corrected chi connectivity index (χ0v) is 15.2. The molecule has 0 aliphatic carbocycles. The number of fused-ring (bicyclic) bond motifs is 1. The zero-order valence-electron chi connectivity index (χ0n) is 15.2. The van der Waals surface area contributed by atoms with Gasteiger partial charge in [0.15, 0.2) is 11.5 Å². The second kappa shape index (κ2) is 7.11. The molecule has 0 unspecified atom stereocenters. The van der Waals surface area contributed by atoms with E-state index in [0.717, 1.165) is 11.3 Å². The van der Waals surface area contributed by atoms with Gasteiger partial charge in [0.1, 0.15) is 5.69 Å². The average Bonchev–Trinajstić information content (AvgIpc) is 3.12. The molecule has 7 nitrogen and oxygen atoms in total. The van der Waals surface area contributed by atoms with Crippen LogP contribution in [0.3, 0.4) is 0 Å². The molecule has 0 amide bonds. The third kappa shape index (κ3) is 3.76. The minimum absolute atomic E-state index is 0.211. The molecule has 0 fully saturated rings. The predicted octanol–water partition coefficient (Wildman–Crippen LogP) is 3.35. The van der Waals surface area contributed by atoms with E-state index >= 15 is 0 Å². The zero-order chi connectivity index (χ0) is 18.8. The number of hydrogen-bond acceptors (Lipinski definition) is 6. The quantitative estimate of drug-likeness (QED) is 0.722. The number of aromatic amines is 1. The summed E-state index contributed by atoms with van der Waals surface area (Å²) in [7, 11) is 0. The number of H-pyrrole nitrogens is 1. The average molecular weight is 364 g/mol. The first-order valence-corrected chi connectivity index (χ1v) is 8.80. The van der Waals surface area contributed by atoms with Crippen LogP contribution in [-0.2, 0) is 6.42 Å². The van der Waals surface area contributed by atoms with Crippen LogP contribution in [0.25, 0.3) is 0 Å². The first kappa shape index (κ1) is 17.1. The summed E-state index contributed by atoms with van der Waals surface area (Å²) in [5, 5.41) is 11.2. The van der Waals surface area contributed by atoms with E-state index in [0.29, 0.717) is 29.5 Å². The standard InChI is InChI=1S/C20H20N4O3/c1-12(2)14-5-3-13(4-6-14)9-16-19(25)22-20(24-23-16)21-15-7-8-17-18(10-15)27-11-26-17/h3-8,10,12H,9,11H2,1-2H3,(H2,21,22,24,25). The second-order valence-corrected chi connectivity index (χ2v) is 6.72. The Hall–Kier alpha value is -3.35. The summed E-state index contributed by atoms with van der Waals surface area (Å²) in [6, 6.07) is 13.6. The van der Waals surface area contributed by atoms with Gasteiger partial charge in [0, 0.05) is 18.2 Å². The maximum Gasteiger partial charge on any atom is 0.274 e. The fourth-order valence-electron chi connectivity index (χ4n) is 2.86. The van der Waals surface area contributed by atoms with Gasteiger partial charge in [-0.25, -0.2) is 0 Å². The van der Waals surface area contributed by atoms with Gasteiger partial charge in [-0.05, 0) is 29.2 Å². The highest BCUT2D eigenvalue weighted by Gasteiger charge is 2.14. The number of nitrogens with one attached hydrogen (secondary N) is 2. The van der Waals surface area contributed by atoms with E-state index in [2.05, 4.69) is 46.5 Å². The van der Waals surface area contributed by atoms with Gasteiger partial charge in [-0.2, -0.15) is 0 Å². The van der Waals surface area contributed by atoms with Crippen LogP contribution >= 0.6 is 0 Å². The minimum Gasteiger partial charge on any atom is -0.454 e. The Morgan fingerprint density at radius 3 is 2.59 bits per heavy atom. The van der Waals surface area contributed by atoms with Gasteiger partial charge in [0.25, 0.3) is 5.56 Å². The van der Waals surface area contributed by atoms with Crippen LogP contribution in [0.1, 0.15) is 36.6 Å². The first-order valence-electron chi connectivity index (χ1n) is 8.80. The molecule has 138 valence electrons. The van der Waals surface area contributed by atoms with Crippen molar-refractivity contribution in [3.05, 3.63) is 69.6 Å². The molecule has 2 aromatic carbocycles. The number of benzene rings is 2. The molecular weight excluding hydrogens is 344 g/mol. The number of hydrogen-bond donors (Lipinski definition) is 2. The molecule has 27 heavy (non-hydrogen) atoms. The lowest BCUT2D eigenvalue weighted by Gasteiger charge is -2.08. The number of anilines is 2. The maximum atomic E-state index is 12.4. The van der Waals surface area contributed by atoms with Crippen LogP contribution in [0.4, 0.5) is 11.6 Å². The third-order valence-corrected chi connectivity index (χ3v) is 4.42. The highest BCUT2D eigenvalue weighted by Crippen LogP contribution is 2.34. The Labute approximate surface area is 156 Å². The molecule has 7 heteroatoms. The van der Waals surface area contributed by atoms with Crippen LogP contribution in [0.5, 0.6) is 11.5 Å². The number of rotatable bonds is 5. The monoisotopic (exact) mass is 364 g/mol. The van der Waals surface area contributed by atoms with Gasteiger partial charge in [-0.3, -0.25) is 9.78 Å². The Morgan fingerprint density at radius 1 is 1.07 bits per heavy atom. The van der Waals surface area contributed by atoms with Gasteiger partial charge in [0.05, 0.1) is 0 Å². The summed E-state index contributed by atoms with van der Waals surface area (Å²) in [4.78, 5) is 15.1. The van der Waals surface area contributed by atoms with Crippen LogP contribution in [0.2, 0.25) is 0 Å². The second-order valence-electron chi connectivity index (χ2n) is 6.72. The highest BCUT2D eigenvalue weighted by molar-refractivity contribution is 5.60. The van der Waals surface area contributed by atoms with Gasteiger partial charge < -0.3 is 14.8 Å². The van der Waals surface area contributed by atoms with E-state index in [-0.39, 0.29) is 18.3 Å². The molecular formula is C20H20N4O3. The van der Waals surface area contributed by atoms with Crippen molar-refractivity contribution < 1.29 is 9.47 Å². The molecule has 0 bridgehead atoms. The molecule has 1 aliphatic rings. The van der Waals surface area contributed by atoms with Crippen molar-refractivity contribution in [2.75, 3.05) is 12.1 Å². The largest absolute Gasteiger partial charge is 0.454 e. The Bertz CT molecular complexity index is 1010. The van der Waals surface area contributed by atoms with Gasteiger partial charge in [-0.1, -0.05) is 38.1 Å². The van der Waals surface area contributed by atoms with E-state index in [1.165, 1.54) is 5.56 Å². The summed E-state index contributed by atoms with van der Waals surface area (Å²) in [5.74, 6) is 2.09. The third-order valence-electron chi connectivity index (χ3n) is 4.42. The van der Waals surface area contributed by atoms with Crippen molar-refractivity contribution in [1.29, 1.82) is 0 Å². The SMILES string of the molecule is CC(C)c1ccc(Cc2nnc(Nc3ccc4c(c3)OCO4)[nH]c2=O)cc1. The van der Waals surface area contributed by atoms with Crippen LogP contribution in [0, 0.1) is 0 Å². The lowest BCUT2D eigenvalue weighted by Crippen LogP contribution is -2.18. The summed E-state index contributed by atoms with van der Waals surface area (Å²) < 4.78 is 10.6. The fourth-order valence-corrected chi connectivity index (χ4v) is 2.86. The topological polar surface area (TPSA) is 89.1 Å². The van der Waals surface area contributed by atoms with Gasteiger partial charge in [-0.15, -0.1) is 10.2 Å². The van der Waals surface area contributed by atoms with E-state index in [1.807, 2.05) is 18.2 Å². The smallest absolute Gasteiger partial charge is 0.274 e. The van der Waals surface area contributed by atoms with Crippen molar-refractivity contribution in [2.24, 2.45) is 0 Å².